The first-order chi connectivity index (χ1) is 14.1. The van der Waals surface area contributed by atoms with Crippen LogP contribution in [0, 0.1) is 5.82 Å². The molecule has 1 aromatic carbocycles. The number of nitrogens with two attached hydrogens (primary N) is 1. The SMILES string of the molecule is CN1C(NC(=O)OC(C)(C)C)=NC2(c3cc(N)ccc3F)CCC(F)(F)CC2S1(=O)=O. The van der Waals surface area contributed by atoms with E-state index >= 15 is 0 Å². The molecule has 1 amide bonds. The number of benzene rings is 1. The van der Waals surface area contributed by atoms with Crippen molar-refractivity contribution in [3.05, 3.63) is 29.6 Å². The summed E-state index contributed by atoms with van der Waals surface area (Å²) in [7, 11) is -3.38. The Bertz CT molecular complexity index is 1040. The van der Waals surface area contributed by atoms with Gasteiger partial charge in [-0.05, 0) is 45.4 Å². The van der Waals surface area contributed by atoms with Crippen LogP contribution < -0.4 is 11.1 Å². The lowest BCUT2D eigenvalue weighted by Crippen LogP contribution is -2.62. The summed E-state index contributed by atoms with van der Waals surface area (Å²) in [5.41, 5.74) is 2.90. The molecule has 2 aliphatic rings. The fourth-order valence-electron chi connectivity index (χ4n) is 3.87. The Hall–Kier alpha value is -2.50. The van der Waals surface area contributed by atoms with Crippen molar-refractivity contribution in [1.82, 2.24) is 9.62 Å². The number of carbonyl (C=O) groups excluding carboxylic acids is 1. The summed E-state index contributed by atoms with van der Waals surface area (Å²) in [6, 6.07) is 3.50. The normalized spacial score (nSPS) is 27.1. The van der Waals surface area contributed by atoms with Crippen molar-refractivity contribution in [3.63, 3.8) is 0 Å². The maximum Gasteiger partial charge on any atom is 0.414 e. The fraction of sp³-hybridized carbons (Fsp3) is 0.579. The predicted octanol–water partition coefficient (Wildman–Crippen LogP) is 2.95. The minimum absolute atomic E-state index is 0.120. The van der Waals surface area contributed by atoms with E-state index in [9.17, 15) is 26.4 Å². The lowest BCUT2D eigenvalue weighted by atomic mass is 9.74. The number of alkyl carbamates (subject to hydrolysis) is 1. The number of carbonyl (C=O) groups is 1. The number of alkyl halides is 2. The average molecular weight is 462 g/mol. The summed E-state index contributed by atoms with van der Waals surface area (Å²) in [6.07, 6.45) is -3.20. The van der Waals surface area contributed by atoms with Crippen molar-refractivity contribution in [2.75, 3.05) is 12.8 Å². The number of sulfonamides is 1. The highest BCUT2D eigenvalue weighted by Crippen LogP contribution is 2.52. The molecular weight excluding hydrogens is 437 g/mol. The second kappa shape index (κ2) is 7.28. The molecule has 1 heterocycles. The molecule has 31 heavy (non-hydrogen) atoms. The number of amides is 1. The van der Waals surface area contributed by atoms with Crippen molar-refractivity contribution in [3.8, 4) is 0 Å². The lowest BCUT2D eigenvalue weighted by Gasteiger charge is -2.48. The van der Waals surface area contributed by atoms with Gasteiger partial charge in [0.2, 0.25) is 21.9 Å². The van der Waals surface area contributed by atoms with E-state index in [1.807, 2.05) is 0 Å². The van der Waals surface area contributed by atoms with E-state index in [1.165, 1.54) is 12.1 Å². The van der Waals surface area contributed by atoms with Crippen LogP contribution in [0.5, 0.6) is 0 Å². The topological polar surface area (TPSA) is 114 Å². The van der Waals surface area contributed by atoms with Gasteiger partial charge in [-0.15, -0.1) is 0 Å². The van der Waals surface area contributed by atoms with E-state index in [1.54, 1.807) is 20.8 Å². The third-order valence-corrected chi connectivity index (χ3v) is 7.52. The van der Waals surface area contributed by atoms with Crippen LogP contribution in [0.1, 0.15) is 45.6 Å². The molecule has 1 aromatic rings. The van der Waals surface area contributed by atoms with Crippen molar-refractivity contribution < 1.29 is 31.1 Å². The maximum absolute atomic E-state index is 14.8. The molecule has 0 radical (unpaired) electrons. The zero-order valence-electron chi connectivity index (χ0n) is 17.6. The Morgan fingerprint density at radius 1 is 1.32 bits per heavy atom. The van der Waals surface area contributed by atoms with Crippen LogP contribution >= 0.6 is 0 Å². The van der Waals surface area contributed by atoms with Gasteiger partial charge in [-0.1, -0.05) is 0 Å². The van der Waals surface area contributed by atoms with Crippen molar-refractivity contribution in [2.45, 2.75) is 62.3 Å². The molecule has 1 saturated carbocycles. The fourth-order valence-corrected chi connectivity index (χ4v) is 5.83. The summed E-state index contributed by atoms with van der Waals surface area (Å²) in [6.45, 7) is 4.83. The van der Waals surface area contributed by atoms with Gasteiger partial charge >= 0.3 is 6.09 Å². The standard InChI is InChI=1S/C19H25F3N4O4S/c1-17(2,3)30-16(27)24-15-25-19(12-9-11(23)5-6-13(12)20)8-7-18(21,22)10-14(19)31(28,29)26(15)4/h5-6,9,14H,7-8,10,23H2,1-4H3,(H,24,25,27). The molecule has 1 aliphatic heterocycles. The summed E-state index contributed by atoms with van der Waals surface area (Å²) in [5.74, 6) is -4.55. The Morgan fingerprint density at radius 3 is 2.58 bits per heavy atom. The van der Waals surface area contributed by atoms with Crippen LogP contribution in [-0.4, -0.2) is 48.6 Å². The molecule has 0 bridgehead atoms. The van der Waals surface area contributed by atoms with E-state index in [-0.39, 0.29) is 11.3 Å². The summed E-state index contributed by atoms with van der Waals surface area (Å²) < 4.78 is 75.6. The zero-order valence-corrected chi connectivity index (χ0v) is 18.4. The quantitative estimate of drug-likeness (QED) is 0.623. The number of anilines is 1. The van der Waals surface area contributed by atoms with Crippen LogP contribution in [0.25, 0.3) is 0 Å². The molecule has 1 fully saturated rings. The van der Waals surface area contributed by atoms with Gasteiger partial charge in [0, 0.05) is 31.1 Å². The molecule has 0 aromatic heterocycles. The number of guanidine groups is 1. The first kappa shape index (κ1) is 23.2. The summed E-state index contributed by atoms with van der Waals surface area (Å²) in [4.78, 5) is 16.6. The summed E-state index contributed by atoms with van der Waals surface area (Å²) >= 11 is 0. The van der Waals surface area contributed by atoms with Crippen molar-refractivity contribution >= 4 is 27.8 Å². The summed E-state index contributed by atoms with van der Waals surface area (Å²) in [5, 5.41) is 0.502. The van der Waals surface area contributed by atoms with Crippen LogP contribution in [0.15, 0.2) is 23.2 Å². The number of rotatable bonds is 1. The minimum atomic E-state index is -4.46. The van der Waals surface area contributed by atoms with Gasteiger partial charge in [0.1, 0.15) is 22.2 Å². The highest BCUT2D eigenvalue weighted by molar-refractivity contribution is 7.90. The third kappa shape index (κ3) is 4.30. The second-order valence-electron chi connectivity index (χ2n) is 8.79. The monoisotopic (exact) mass is 462 g/mol. The van der Waals surface area contributed by atoms with Crippen molar-refractivity contribution in [2.24, 2.45) is 4.99 Å². The predicted molar refractivity (Wildman–Crippen MR) is 109 cm³/mol. The van der Waals surface area contributed by atoms with E-state index in [2.05, 4.69) is 10.3 Å². The third-order valence-electron chi connectivity index (χ3n) is 5.30. The van der Waals surface area contributed by atoms with Gasteiger partial charge < -0.3 is 10.5 Å². The first-order valence-corrected chi connectivity index (χ1v) is 11.1. The molecule has 12 heteroatoms. The molecule has 3 rings (SSSR count). The zero-order chi connectivity index (χ0) is 23.4. The number of hydrogen-bond donors (Lipinski definition) is 2. The van der Waals surface area contributed by atoms with E-state index < -0.39 is 69.5 Å². The number of nitrogens with one attached hydrogen (secondary N) is 1. The largest absolute Gasteiger partial charge is 0.444 e. The smallest absolute Gasteiger partial charge is 0.414 e. The number of hydrogen-bond acceptors (Lipinski definition) is 6. The van der Waals surface area contributed by atoms with E-state index in [4.69, 9.17) is 10.5 Å². The van der Waals surface area contributed by atoms with E-state index in [0.717, 1.165) is 13.1 Å². The maximum atomic E-state index is 14.8. The van der Waals surface area contributed by atoms with Gasteiger partial charge in [-0.3, -0.25) is 5.32 Å². The Labute approximate surface area is 178 Å². The molecule has 2 unspecified atom stereocenters. The highest BCUT2D eigenvalue weighted by Gasteiger charge is 2.61. The number of fused-ring (bicyclic) bond motifs is 1. The Morgan fingerprint density at radius 2 is 1.97 bits per heavy atom. The van der Waals surface area contributed by atoms with Crippen LogP contribution in [0.2, 0.25) is 0 Å². The first-order valence-electron chi connectivity index (χ1n) is 9.58. The molecule has 0 saturated heterocycles. The number of halogens is 3. The highest BCUT2D eigenvalue weighted by atomic mass is 32.2. The van der Waals surface area contributed by atoms with Gasteiger partial charge in [0.15, 0.2) is 0 Å². The Balaban J connectivity index is 2.20. The molecule has 3 N–H and O–H groups in total. The van der Waals surface area contributed by atoms with Gasteiger partial charge in [-0.25, -0.2) is 35.7 Å². The number of nitrogens with zero attached hydrogens (tertiary/aromatic N) is 2. The number of ether oxygens (including phenoxy) is 1. The van der Waals surface area contributed by atoms with E-state index in [0.29, 0.717) is 4.31 Å². The molecular formula is C19H25F3N4O4S. The van der Waals surface area contributed by atoms with Gasteiger partial charge in [-0.2, -0.15) is 0 Å². The van der Waals surface area contributed by atoms with Crippen LogP contribution in [0.4, 0.5) is 23.7 Å². The average Bonchev–Trinajstić information content (AvgIpc) is 2.61. The molecule has 8 nitrogen and oxygen atoms in total. The molecule has 0 spiro atoms. The second-order valence-corrected chi connectivity index (χ2v) is 10.9. The van der Waals surface area contributed by atoms with Gasteiger partial charge in [0.05, 0.1) is 0 Å². The molecule has 172 valence electrons. The van der Waals surface area contributed by atoms with Crippen LogP contribution in [-0.2, 0) is 20.3 Å². The lowest BCUT2D eigenvalue weighted by molar-refractivity contribution is -0.0507. The molecule has 1 aliphatic carbocycles. The minimum Gasteiger partial charge on any atom is -0.444 e. The number of nitrogen functional groups attached to an aromatic ring is 1. The molecule has 2 atom stereocenters. The van der Waals surface area contributed by atoms with Crippen molar-refractivity contribution in [1.29, 1.82) is 0 Å². The van der Waals surface area contributed by atoms with Gasteiger partial charge in [0.25, 0.3) is 0 Å². The number of aliphatic imine (C=N–C) groups is 1. The van der Waals surface area contributed by atoms with Crippen LogP contribution in [0.3, 0.4) is 0 Å². The Kier molecular flexibility index (Phi) is 5.44.